The van der Waals surface area contributed by atoms with Gasteiger partial charge in [-0.15, -0.1) is 5.10 Å². The van der Waals surface area contributed by atoms with E-state index in [-0.39, 0.29) is 25.2 Å². The molecular formula is C29H31N5O5. The summed E-state index contributed by atoms with van der Waals surface area (Å²) in [5, 5.41) is 11.4. The first-order chi connectivity index (χ1) is 18.7. The van der Waals surface area contributed by atoms with Gasteiger partial charge in [-0.05, 0) is 69.7 Å². The number of carbonyl (C=O) groups excluding carboxylic acids is 2. The average molecular weight is 530 g/mol. The highest BCUT2D eigenvalue weighted by Gasteiger charge is 2.35. The van der Waals surface area contributed by atoms with E-state index in [0.717, 1.165) is 0 Å². The molecule has 0 unspecified atom stereocenters. The zero-order valence-corrected chi connectivity index (χ0v) is 22.4. The average Bonchev–Trinajstić information content (AvgIpc) is 3.53. The molecule has 1 atom stereocenters. The van der Waals surface area contributed by atoms with Gasteiger partial charge in [-0.25, -0.2) is 4.68 Å². The Morgan fingerprint density at radius 1 is 1.05 bits per heavy atom. The molecule has 2 heterocycles. The van der Waals surface area contributed by atoms with Crippen LogP contribution >= 0.6 is 0 Å². The fourth-order valence-corrected chi connectivity index (χ4v) is 4.48. The molecule has 4 aromatic rings. The molecule has 202 valence electrons. The summed E-state index contributed by atoms with van der Waals surface area (Å²) < 4.78 is 18.2. The third-order valence-corrected chi connectivity index (χ3v) is 6.12. The first-order valence-corrected chi connectivity index (χ1v) is 12.8. The summed E-state index contributed by atoms with van der Waals surface area (Å²) in [4.78, 5) is 29.6. The molecule has 0 saturated carbocycles. The van der Waals surface area contributed by atoms with Crippen molar-refractivity contribution in [1.82, 2.24) is 20.3 Å². The van der Waals surface area contributed by atoms with Crippen molar-refractivity contribution in [3.8, 4) is 17.2 Å². The molecule has 2 amide bonds. The lowest BCUT2D eigenvalue weighted by Crippen LogP contribution is -2.50. The van der Waals surface area contributed by atoms with Gasteiger partial charge in [0, 0.05) is 17.3 Å². The van der Waals surface area contributed by atoms with Crippen LogP contribution in [0.4, 0.5) is 5.69 Å². The standard InChI is InChI=1S/C29H31N5O5/c1-5-37-21-13-10-19(11-14-21)27(28(36)30-29(2,3)4)34(20-12-15-24-25(16-20)39-18-38-24)26(35)17-33-23-9-7-6-8-22(23)31-32-33/h6-16,27H,5,17-18H2,1-4H3,(H,30,36)/t27-/m0/s1. The number of hydrogen-bond acceptors (Lipinski definition) is 7. The molecule has 0 saturated heterocycles. The summed E-state index contributed by atoms with van der Waals surface area (Å²) in [5.74, 6) is 1.06. The molecule has 39 heavy (non-hydrogen) atoms. The SMILES string of the molecule is CCOc1ccc([C@@H](C(=O)NC(C)(C)C)N(C(=O)Cn2nnc3ccccc32)c2ccc3c(c2)OCO3)cc1. The van der Waals surface area contributed by atoms with E-state index in [4.69, 9.17) is 14.2 Å². The zero-order chi connectivity index (χ0) is 27.6. The van der Waals surface area contributed by atoms with Gasteiger partial charge in [0.1, 0.15) is 23.9 Å². The quantitative estimate of drug-likeness (QED) is 0.364. The number of anilines is 1. The third kappa shape index (κ3) is 5.64. The highest BCUT2D eigenvalue weighted by Crippen LogP contribution is 2.38. The molecule has 3 aromatic carbocycles. The molecular weight excluding hydrogens is 498 g/mol. The molecule has 1 N–H and O–H groups in total. The van der Waals surface area contributed by atoms with Gasteiger partial charge < -0.3 is 19.5 Å². The number of ether oxygens (including phenoxy) is 3. The Hall–Kier alpha value is -4.60. The third-order valence-electron chi connectivity index (χ3n) is 6.12. The summed E-state index contributed by atoms with van der Waals surface area (Å²) in [6.45, 7) is 8.06. The number of nitrogens with zero attached hydrogens (tertiary/aromatic N) is 4. The van der Waals surface area contributed by atoms with Crippen LogP contribution in [0, 0.1) is 0 Å². The maximum absolute atomic E-state index is 14.2. The largest absolute Gasteiger partial charge is 0.494 e. The van der Waals surface area contributed by atoms with Crippen molar-refractivity contribution in [2.75, 3.05) is 18.3 Å². The van der Waals surface area contributed by atoms with Gasteiger partial charge >= 0.3 is 0 Å². The lowest BCUT2D eigenvalue weighted by atomic mass is 10.0. The summed E-state index contributed by atoms with van der Waals surface area (Å²) in [5.41, 5.74) is 1.96. The molecule has 1 aliphatic heterocycles. The van der Waals surface area contributed by atoms with Crippen molar-refractivity contribution in [3.05, 3.63) is 72.3 Å². The van der Waals surface area contributed by atoms with Crippen LogP contribution < -0.4 is 24.4 Å². The Kier molecular flexibility index (Phi) is 7.10. The Morgan fingerprint density at radius 3 is 2.54 bits per heavy atom. The number of nitrogens with one attached hydrogen (secondary N) is 1. The smallest absolute Gasteiger partial charge is 0.249 e. The van der Waals surface area contributed by atoms with Crippen LogP contribution in [0.1, 0.15) is 39.3 Å². The second kappa shape index (κ2) is 10.6. The van der Waals surface area contributed by atoms with Crippen LogP contribution in [0.3, 0.4) is 0 Å². The number of amides is 2. The van der Waals surface area contributed by atoms with E-state index in [0.29, 0.717) is 46.1 Å². The van der Waals surface area contributed by atoms with Gasteiger partial charge in [-0.1, -0.05) is 29.5 Å². The van der Waals surface area contributed by atoms with Crippen molar-refractivity contribution >= 4 is 28.5 Å². The summed E-state index contributed by atoms with van der Waals surface area (Å²) in [6.07, 6.45) is 0. The predicted octanol–water partition coefficient (Wildman–Crippen LogP) is 4.25. The fraction of sp³-hybridized carbons (Fsp3) is 0.310. The van der Waals surface area contributed by atoms with Gasteiger partial charge in [0.2, 0.25) is 18.6 Å². The number of aromatic nitrogens is 3. The number of fused-ring (bicyclic) bond motifs is 2. The number of hydrogen-bond donors (Lipinski definition) is 1. The maximum Gasteiger partial charge on any atom is 0.249 e. The molecule has 1 aliphatic rings. The minimum atomic E-state index is -0.998. The highest BCUT2D eigenvalue weighted by molar-refractivity contribution is 6.02. The van der Waals surface area contributed by atoms with Crippen LogP contribution in [0.25, 0.3) is 11.0 Å². The van der Waals surface area contributed by atoms with Crippen LogP contribution in [0.15, 0.2) is 66.7 Å². The molecule has 10 heteroatoms. The fourth-order valence-electron chi connectivity index (χ4n) is 4.48. The molecule has 0 spiro atoms. The number of carbonyl (C=O) groups is 2. The Balaban J connectivity index is 1.61. The summed E-state index contributed by atoms with van der Waals surface area (Å²) in [7, 11) is 0. The van der Waals surface area contributed by atoms with E-state index in [1.165, 1.54) is 9.58 Å². The van der Waals surface area contributed by atoms with E-state index in [9.17, 15) is 9.59 Å². The normalized spacial score (nSPS) is 13.2. The lowest BCUT2D eigenvalue weighted by Gasteiger charge is -2.34. The van der Waals surface area contributed by atoms with Gasteiger partial charge in [-0.2, -0.15) is 0 Å². The van der Waals surface area contributed by atoms with Gasteiger partial charge in [-0.3, -0.25) is 14.5 Å². The Bertz CT molecular complexity index is 1490. The van der Waals surface area contributed by atoms with E-state index in [1.807, 2.05) is 52.0 Å². The van der Waals surface area contributed by atoms with Crippen LogP contribution in [0.5, 0.6) is 17.2 Å². The summed E-state index contributed by atoms with van der Waals surface area (Å²) in [6, 6.07) is 18.8. The first kappa shape index (κ1) is 26.0. The van der Waals surface area contributed by atoms with Crippen LogP contribution in [-0.2, 0) is 16.1 Å². The zero-order valence-electron chi connectivity index (χ0n) is 22.4. The minimum Gasteiger partial charge on any atom is -0.494 e. The van der Waals surface area contributed by atoms with Gasteiger partial charge in [0.15, 0.2) is 11.5 Å². The molecule has 0 radical (unpaired) electrons. The topological polar surface area (TPSA) is 108 Å². The molecule has 5 rings (SSSR count). The maximum atomic E-state index is 14.2. The molecule has 0 bridgehead atoms. The second-order valence-electron chi connectivity index (χ2n) is 10.2. The van der Waals surface area contributed by atoms with Gasteiger partial charge in [0.25, 0.3) is 0 Å². The number of benzene rings is 3. The van der Waals surface area contributed by atoms with Crippen molar-refractivity contribution in [3.63, 3.8) is 0 Å². The molecule has 1 aromatic heterocycles. The number of para-hydroxylation sites is 1. The van der Waals surface area contributed by atoms with Crippen molar-refractivity contribution in [2.45, 2.75) is 45.8 Å². The van der Waals surface area contributed by atoms with E-state index < -0.39 is 11.6 Å². The lowest BCUT2D eigenvalue weighted by molar-refractivity contribution is -0.128. The van der Waals surface area contributed by atoms with Crippen molar-refractivity contribution in [1.29, 1.82) is 0 Å². The predicted molar refractivity (Wildman–Crippen MR) is 146 cm³/mol. The summed E-state index contributed by atoms with van der Waals surface area (Å²) >= 11 is 0. The van der Waals surface area contributed by atoms with E-state index in [2.05, 4.69) is 15.6 Å². The first-order valence-electron chi connectivity index (χ1n) is 12.8. The minimum absolute atomic E-state index is 0.0878. The van der Waals surface area contributed by atoms with Crippen molar-refractivity contribution in [2.24, 2.45) is 0 Å². The van der Waals surface area contributed by atoms with Gasteiger partial charge in [0.05, 0.1) is 12.1 Å². The Labute approximate surface area is 226 Å². The molecule has 0 aliphatic carbocycles. The molecule has 10 nitrogen and oxygen atoms in total. The number of rotatable bonds is 8. The van der Waals surface area contributed by atoms with Crippen LogP contribution in [-0.4, -0.2) is 45.7 Å². The van der Waals surface area contributed by atoms with Crippen LogP contribution in [0.2, 0.25) is 0 Å². The highest BCUT2D eigenvalue weighted by atomic mass is 16.7. The van der Waals surface area contributed by atoms with E-state index in [1.54, 1.807) is 42.5 Å². The molecule has 0 fully saturated rings. The Morgan fingerprint density at radius 2 is 1.79 bits per heavy atom. The van der Waals surface area contributed by atoms with Crippen molar-refractivity contribution < 1.29 is 23.8 Å². The second-order valence-corrected chi connectivity index (χ2v) is 10.2. The van der Waals surface area contributed by atoms with E-state index >= 15 is 0 Å². The monoisotopic (exact) mass is 529 g/mol.